The lowest BCUT2D eigenvalue weighted by molar-refractivity contribution is -0.116. The van der Waals surface area contributed by atoms with E-state index in [-0.39, 0.29) is 17.7 Å². The third-order valence-electron chi connectivity index (χ3n) is 3.18. The lowest BCUT2D eigenvalue weighted by Crippen LogP contribution is -2.19. The summed E-state index contributed by atoms with van der Waals surface area (Å²) in [4.78, 5) is 16.1. The maximum atomic E-state index is 13.1. The minimum absolute atomic E-state index is 0.173. The van der Waals surface area contributed by atoms with E-state index in [0.29, 0.717) is 24.6 Å². The number of aromatic nitrogens is 3. The fourth-order valence-corrected chi connectivity index (χ4v) is 2.15. The van der Waals surface area contributed by atoms with Crippen molar-refractivity contribution < 1.29 is 13.9 Å². The van der Waals surface area contributed by atoms with Crippen LogP contribution in [-0.2, 0) is 16.0 Å². The van der Waals surface area contributed by atoms with E-state index in [1.54, 1.807) is 18.2 Å². The van der Waals surface area contributed by atoms with E-state index in [9.17, 15) is 9.18 Å². The molecule has 3 rings (SSSR count). The first-order chi connectivity index (χ1) is 10.7. The van der Waals surface area contributed by atoms with Crippen molar-refractivity contribution in [3.05, 3.63) is 53.3 Å². The van der Waals surface area contributed by atoms with E-state index < -0.39 is 0 Å². The van der Waals surface area contributed by atoms with Crippen molar-refractivity contribution in [1.29, 1.82) is 0 Å². The summed E-state index contributed by atoms with van der Waals surface area (Å²) < 4.78 is 18.4. The lowest BCUT2D eigenvalue weighted by Gasteiger charge is -2.13. The number of ether oxygens (including phenoxy) is 1. The van der Waals surface area contributed by atoms with Crippen LogP contribution in [0.2, 0.25) is 0 Å². The predicted molar refractivity (Wildman–Crippen MR) is 77.5 cm³/mol. The Labute approximate surface area is 126 Å². The standard InChI is InChI=1S/C15H15FN4O2/c16-11-5-3-4-10(8-11)9-13-17-15(20-19-13)18-14(21)12-6-1-2-7-22-12/h3-6,8H,1-2,7,9H2,(H2,17,18,19,20,21). The Bertz CT molecular complexity index is 711. The molecule has 2 heterocycles. The quantitative estimate of drug-likeness (QED) is 0.907. The zero-order valence-electron chi connectivity index (χ0n) is 11.8. The van der Waals surface area contributed by atoms with E-state index >= 15 is 0 Å². The molecule has 2 aromatic rings. The number of amides is 1. The van der Waals surface area contributed by atoms with E-state index in [1.807, 2.05) is 0 Å². The number of rotatable bonds is 4. The zero-order valence-corrected chi connectivity index (χ0v) is 11.8. The van der Waals surface area contributed by atoms with Crippen molar-refractivity contribution in [2.75, 3.05) is 11.9 Å². The average Bonchev–Trinajstić information content (AvgIpc) is 2.95. The summed E-state index contributed by atoms with van der Waals surface area (Å²) in [6.07, 6.45) is 3.88. The number of anilines is 1. The molecule has 0 bridgehead atoms. The van der Waals surface area contributed by atoms with Gasteiger partial charge in [0.25, 0.3) is 5.91 Å². The van der Waals surface area contributed by atoms with Gasteiger partial charge in [-0.05, 0) is 36.6 Å². The van der Waals surface area contributed by atoms with Gasteiger partial charge in [-0.15, -0.1) is 5.10 Å². The molecule has 1 aliphatic heterocycles. The highest BCUT2D eigenvalue weighted by molar-refractivity contribution is 6.01. The fraction of sp³-hybridized carbons (Fsp3) is 0.267. The molecule has 22 heavy (non-hydrogen) atoms. The van der Waals surface area contributed by atoms with Crippen LogP contribution < -0.4 is 5.32 Å². The van der Waals surface area contributed by atoms with Crippen LogP contribution in [0.1, 0.15) is 24.2 Å². The number of nitrogens with one attached hydrogen (secondary N) is 2. The van der Waals surface area contributed by atoms with E-state index in [4.69, 9.17) is 4.74 Å². The number of halogens is 1. The second kappa shape index (κ2) is 6.38. The second-order valence-electron chi connectivity index (χ2n) is 4.93. The van der Waals surface area contributed by atoms with Crippen molar-refractivity contribution in [1.82, 2.24) is 15.2 Å². The topological polar surface area (TPSA) is 79.9 Å². The zero-order chi connectivity index (χ0) is 15.4. The molecule has 0 unspecified atom stereocenters. The molecule has 1 amide bonds. The molecule has 2 N–H and O–H groups in total. The molecular formula is C15H15FN4O2. The first kappa shape index (κ1) is 14.2. The summed E-state index contributed by atoms with van der Waals surface area (Å²) in [5.74, 6) is 0.344. The van der Waals surface area contributed by atoms with Crippen LogP contribution in [0.15, 0.2) is 36.1 Å². The fourth-order valence-electron chi connectivity index (χ4n) is 2.15. The highest BCUT2D eigenvalue weighted by atomic mass is 19.1. The van der Waals surface area contributed by atoms with Crippen molar-refractivity contribution in [3.8, 4) is 0 Å². The number of benzene rings is 1. The molecule has 114 valence electrons. The Morgan fingerprint density at radius 3 is 3.14 bits per heavy atom. The Kier molecular flexibility index (Phi) is 4.13. The highest BCUT2D eigenvalue weighted by Gasteiger charge is 2.16. The molecule has 0 aliphatic carbocycles. The smallest absolute Gasteiger partial charge is 0.292 e. The SMILES string of the molecule is O=C(Nc1n[nH]c(Cc2cccc(F)c2)n1)C1=CCCCO1. The van der Waals surface area contributed by atoms with Crippen LogP contribution in [0.3, 0.4) is 0 Å². The molecule has 0 saturated carbocycles. The average molecular weight is 302 g/mol. The molecule has 0 fully saturated rings. The van der Waals surface area contributed by atoms with Crippen molar-refractivity contribution in [3.63, 3.8) is 0 Å². The van der Waals surface area contributed by atoms with E-state index in [2.05, 4.69) is 20.5 Å². The van der Waals surface area contributed by atoms with Gasteiger partial charge in [-0.3, -0.25) is 15.2 Å². The van der Waals surface area contributed by atoms with Crippen LogP contribution in [0.4, 0.5) is 10.3 Å². The van der Waals surface area contributed by atoms with Crippen molar-refractivity contribution in [2.45, 2.75) is 19.3 Å². The maximum absolute atomic E-state index is 13.1. The molecule has 0 radical (unpaired) electrons. The number of allylic oxidation sites excluding steroid dienone is 1. The van der Waals surface area contributed by atoms with Crippen LogP contribution in [0.5, 0.6) is 0 Å². The Hall–Kier alpha value is -2.70. The Morgan fingerprint density at radius 2 is 2.36 bits per heavy atom. The number of carbonyl (C=O) groups excluding carboxylic acids is 1. The van der Waals surface area contributed by atoms with Gasteiger partial charge in [0.05, 0.1) is 6.61 Å². The normalized spacial score (nSPS) is 14.1. The number of aromatic amines is 1. The number of carbonyl (C=O) groups is 1. The highest BCUT2D eigenvalue weighted by Crippen LogP contribution is 2.13. The van der Waals surface area contributed by atoms with Gasteiger partial charge in [-0.1, -0.05) is 12.1 Å². The third-order valence-corrected chi connectivity index (χ3v) is 3.18. The molecule has 0 saturated heterocycles. The van der Waals surface area contributed by atoms with Gasteiger partial charge in [0.15, 0.2) is 5.76 Å². The Balaban J connectivity index is 1.63. The van der Waals surface area contributed by atoms with Gasteiger partial charge in [0, 0.05) is 6.42 Å². The van der Waals surface area contributed by atoms with E-state index in [0.717, 1.165) is 18.4 Å². The summed E-state index contributed by atoms with van der Waals surface area (Å²) in [6.45, 7) is 0.540. The molecule has 0 atom stereocenters. The van der Waals surface area contributed by atoms with Crippen LogP contribution in [0.25, 0.3) is 0 Å². The molecule has 7 heteroatoms. The lowest BCUT2D eigenvalue weighted by atomic mass is 10.1. The molecular weight excluding hydrogens is 287 g/mol. The summed E-state index contributed by atoms with van der Waals surface area (Å²) in [5, 5.41) is 9.22. The molecule has 1 aliphatic rings. The summed E-state index contributed by atoms with van der Waals surface area (Å²) >= 11 is 0. The molecule has 1 aromatic heterocycles. The maximum Gasteiger partial charge on any atom is 0.292 e. The van der Waals surface area contributed by atoms with Gasteiger partial charge in [0.2, 0.25) is 5.95 Å². The summed E-state index contributed by atoms with van der Waals surface area (Å²) in [5.41, 5.74) is 0.771. The first-order valence-electron chi connectivity index (χ1n) is 7.01. The number of hydrogen-bond donors (Lipinski definition) is 2. The largest absolute Gasteiger partial charge is 0.488 e. The molecule has 0 spiro atoms. The van der Waals surface area contributed by atoms with Crippen molar-refractivity contribution >= 4 is 11.9 Å². The number of H-pyrrole nitrogens is 1. The number of nitrogens with zero attached hydrogens (tertiary/aromatic N) is 2. The van der Waals surface area contributed by atoms with Crippen LogP contribution in [-0.4, -0.2) is 27.7 Å². The van der Waals surface area contributed by atoms with Gasteiger partial charge >= 0.3 is 0 Å². The Morgan fingerprint density at radius 1 is 1.45 bits per heavy atom. The van der Waals surface area contributed by atoms with Gasteiger partial charge in [-0.25, -0.2) is 4.39 Å². The third kappa shape index (κ3) is 3.49. The monoisotopic (exact) mass is 302 g/mol. The number of hydrogen-bond acceptors (Lipinski definition) is 4. The molecule has 1 aromatic carbocycles. The van der Waals surface area contributed by atoms with Crippen LogP contribution in [0, 0.1) is 5.82 Å². The van der Waals surface area contributed by atoms with Crippen LogP contribution >= 0.6 is 0 Å². The minimum Gasteiger partial charge on any atom is -0.488 e. The van der Waals surface area contributed by atoms with Gasteiger partial charge < -0.3 is 4.74 Å². The second-order valence-corrected chi connectivity index (χ2v) is 4.93. The predicted octanol–water partition coefficient (Wildman–Crippen LogP) is 2.17. The minimum atomic E-state index is -0.365. The molecule has 6 nitrogen and oxygen atoms in total. The van der Waals surface area contributed by atoms with Crippen molar-refractivity contribution in [2.24, 2.45) is 0 Å². The van der Waals surface area contributed by atoms with Gasteiger partial charge in [-0.2, -0.15) is 4.98 Å². The summed E-state index contributed by atoms with van der Waals surface area (Å²) in [7, 11) is 0. The summed E-state index contributed by atoms with van der Waals surface area (Å²) in [6, 6.07) is 6.25. The van der Waals surface area contributed by atoms with Gasteiger partial charge in [0.1, 0.15) is 11.6 Å². The first-order valence-corrected chi connectivity index (χ1v) is 7.01. The van der Waals surface area contributed by atoms with E-state index in [1.165, 1.54) is 12.1 Å².